The molecule has 0 bridgehead atoms. The molecule has 1 fully saturated rings. The largest absolute Gasteiger partial charge is 0.494 e. The molecule has 1 aromatic carbocycles. The van der Waals surface area contributed by atoms with Crippen LogP contribution >= 0.6 is 0 Å². The molecule has 7 nitrogen and oxygen atoms in total. The van der Waals surface area contributed by atoms with Gasteiger partial charge in [0, 0.05) is 31.0 Å². The van der Waals surface area contributed by atoms with E-state index < -0.39 is 5.97 Å². The minimum atomic E-state index is -0.704. The van der Waals surface area contributed by atoms with Crippen molar-refractivity contribution in [2.24, 2.45) is 5.92 Å². The minimum absolute atomic E-state index is 0.260. The molecule has 0 atom stereocenters. The minimum Gasteiger partial charge on any atom is -0.494 e. The topological polar surface area (TPSA) is 80.0 Å². The normalized spacial score (nSPS) is 15.0. The molecule has 3 heterocycles. The number of benzene rings is 1. The third-order valence-electron chi connectivity index (χ3n) is 5.43. The fourth-order valence-corrected chi connectivity index (χ4v) is 3.69. The van der Waals surface area contributed by atoms with Gasteiger partial charge in [-0.3, -0.25) is 4.79 Å². The van der Waals surface area contributed by atoms with Crippen LogP contribution in [-0.4, -0.2) is 45.4 Å². The number of unbranched alkanes of at least 4 members (excludes halogenated alkanes) is 1. The SMILES string of the molecule is CCCCOc1ccc(-c2cc3c(N4CCC(C(=O)O)CC4)nccn3n2)cc1. The van der Waals surface area contributed by atoms with Gasteiger partial charge in [-0.15, -0.1) is 0 Å². The van der Waals surface area contributed by atoms with Gasteiger partial charge in [0.05, 0.1) is 18.2 Å². The standard InChI is InChI=1S/C22H26N4O3/c1-2-3-14-29-18-6-4-16(5-7-18)19-15-20-21(23-10-13-26(20)24-19)25-11-8-17(9-12-25)22(27)28/h4-7,10,13,15,17H,2-3,8-9,11-12,14H2,1H3,(H,27,28). The highest BCUT2D eigenvalue weighted by molar-refractivity contribution is 5.76. The predicted octanol–water partition coefficient (Wildman–Crippen LogP) is 3.88. The van der Waals surface area contributed by atoms with E-state index in [0.717, 1.165) is 47.8 Å². The molecule has 2 aromatic heterocycles. The lowest BCUT2D eigenvalue weighted by molar-refractivity contribution is -0.142. The number of nitrogens with zero attached hydrogens (tertiary/aromatic N) is 4. The van der Waals surface area contributed by atoms with E-state index in [1.165, 1.54) is 0 Å². The maximum absolute atomic E-state index is 11.2. The van der Waals surface area contributed by atoms with Crippen molar-refractivity contribution >= 4 is 17.3 Å². The first kappa shape index (κ1) is 19.2. The van der Waals surface area contributed by atoms with Crippen LogP contribution in [0.3, 0.4) is 0 Å². The van der Waals surface area contributed by atoms with Crippen molar-refractivity contribution in [2.75, 3.05) is 24.6 Å². The number of rotatable bonds is 7. The van der Waals surface area contributed by atoms with Gasteiger partial charge < -0.3 is 14.7 Å². The zero-order valence-corrected chi connectivity index (χ0v) is 16.6. The Labute approximate surface area is 169 Å². The van der Waals surface area contributed by atoms with E-state index in [1.807, 2.05) is 41.0 Å². The van der Waals surface area contributed by atoms with Gasteiger partial charge in [0.15, 0.2) is 5.82 Å². The van der Waals surface area contributed by atoms with Crippen LogP contribution in [0.25, 0.3) is 16.8 Å². The molecule has 4 rings (SSSR count). The molecule has 3 aromatic rings. The van der Waals surface area contributed by atoms with Crippen molar-refractivity contribution < 1.29 is 14.6 Å². The quantitative estimate of drug-likeness (QED) is 0.613. The molecule has 0 amide bonds. The van der Waals surface area contributed by atoms with Gasteiger partial charge in [-0.2, -0.15) is 5.10 Å². The number of piperidine rings is 1. The lowest BCUT2D eigenvalue weighted by Gasteiger charge is -2.31. The molecule has 7 heteroatoms. The summed E-state index contributed by atoms with van der Waals surface area (Å²) in [5.41, 5.74) is 2.83. The van der Waals surface area contributed by atoms with E-state index in [2.05, 4.69) is 16.8 Å². The number of carboxylic acids is 1. The van der Waals surface area contributed by atoms with Crippen molar-refractivity contribution in [1.82, 2.24) is 14.6 Å². The molecular formula is C22H26N4O3. The number of aliphatic carboxylic acids is 1. The summed E-state index contributed by atoms with van der Waals surface area (Å²) in [4.78, 5) is 17.9. The van der Waals surface area contributed by atoms with Crippen LogP contribution in [0.15, 0.2) is 42.7 Å². The Bertz CT molecular complexity index is 975. The molecular weight excluding hydrogens is 368 g/mol. The average molecular weight is 394 g/mol. The molecule has 1 saturated heterocycles. The first-order valence-electron chi connectivity index (χ1n) is 10.2. The van der Waals surface area contributed by atoms with E-state index in [1.54, 1.807) is 6.20 Å². The number of carbonyl (C=O) groups is 1. The predicted molar refractivity (Wildman–Crippen MR) is 111 cm³/mol. The van der Waals surface area contributed by atoms with Crippen LogP contribution in [0, 0.1) is 5.92 Å². The Morgan fingerprint density at radius 1 is 1.24 bits per heavy atom. The van der Waals surface area contributed by atoms with Gasteiger partial charge in [0.2, 0.25) is 0 Å². The van der Waals surface area contributed by atoms with Crippen molar-refractivity contribution in [3.8, 4) is 17.0 Å². The second-order valence-corrected chi connectivity index (χ2v) is 7.44. The highest BCUT2D eigenvalue weighted by atomic mass is 16.5. The highest BCUT2D eigenvalue weighted by Crippen LogP contribution is 2.29. The molecule has 1 N–H and O–H groups in total. The number of hydrogen-bond acceptors (Lipinski definition) is 5. The van der Waals surface area contributed by atoms with Gasteiger partial charge in [0.25, 0.3) is 0 Å². The molecule has 1 aliphatic rings. The summed E-state index contributed by atoms with van der Waals surface area (Å²) in [5.74, 6) is 0.762. The Morgan fingerprint density at radius 3 is 2.69 bits per heavy atom. The van der Waals surface area contributed by atoms with Crippen LogP contribution in [0.2, 0.25) is 0 Å². The number of aromatic nitrogens is 3. The van der Waals surface area contributed by atoms with Crippen molar-refractivity contribution in [3.05, 3.63) is 42.7 Å². The van der Waals surface area contributed by atoms with Crippen molar-refractivity contribution in [2.45, 2.75) is 32.6 Å². The van der Waals surface area contributed by atoms with E-state index >= 15 is 0 Å². The Balaban J connectivity index is 1.54. The summed E-state index contributed by atoms with van der Waals surface area (Å²) in [7, 11) is 0. The van der Waals surface area contributed by atoms with Gasteiger partial charge in [0.1, 0.15) is 11.3 Å². The third kappa shape index (κ3) is 4.18. The number of carboxylic acid groups (broad SMARTS) is 1. The zero-order chi connectivity index (χ0) is 20.2. The molecule has 0 spiro atoms. The molecule has 0 saturated carbocycles. The van der Waals surface area contributed by atoms with Crippen LogP contribution in [0.5, 0.6) is 5.75 Å². The van der Waals surface area contributed by atoms with Crippen LogP contribution in [0.4, 0.5) is 5.82 Å². The Morgan fingerprint density at radius 2 is 2.00 bits per heavy atom. The van der Waals surface area contributed by atoms with Gasteiger partial charge >= 0.3 is 5.97 Å². The van der Waals surface area contributed by atoms with Gasteiger partial charge in [-0.25, -0.2) is 9.50 Å². The molecule has 0 radical (unpaired) electrons. The summed E-state index contributed by atoms with van der Waals surface area (Å²) >= 11 is 0. The maximum atomic E-state index is 11.2. The van der Waals surface area contributed by atoms with Gasteiger partial charge in [-0.05, 0) is 49.6 Å². The Kier molecular flexibility index (Phi) is 5.64. The average Bonchev–Trinajstić information content (AvgIpc) is 3.19. The van der Waals surface area contributed by atoms with Crippen molar-refractivity contribution in [3.63, 3.8) is 0 Å². The number of ether oxygens (including phenoxy) is 1. The zero-order valence-electron chi connectivity index (χ0n) is 16.6. The second kappa shape index (κ2) is 8.51. The maximum Gasteiger partial charge on any atom is 0.306 e. The fourth-order valence-electron chi connectivity index (χ4n) is 3.69. The molecule has 152 valence electrons. The molecule has 0 aliphatic carbocycles. The summed E-state index contributed by atoms with van der Waals surface area (Å²) in [5, 5.41) is 13.9. The lowest BCUT2D eigenvalue weighted by atomic mass is 9.97. The van der Waals surface area contributed by atoms with E-state index in [9.17, 15) is 9.90 Å². The number of anilines is 1. The third-order valence-corrected chi connectivity index (χ3v) is 5.43. The number of hydrogen-bond donors (Lipinski definition) is 1. The van der Waals surface area contributed by atoms with Gasteiger partial charge in [-0.1, -0.05) is 13.3 Å². The number of fused-ring (bicyclic) bond motifs is 1. The summed E-state index contributed by atoms with van der Waals surface area (Å²) in [6.07, 6.45) is 7.02. The van der Waals surface area contributed by atoms with E-state index in [-0.39, 0.29) is 5.92 Å². The smallest absolute Gasteiger partial charge is 0.306 e. The molecule has 29 heavy (non-hydrogen) atoms. The molecule has 0 unspecified atom stereocenters. The lowest BCUT2D eigenvalue weighted by Crippen LogP contribution is -2.37. The summed E-state index contributed by atoms with van der Waals surface area (Å²) in [6, 6.07) is 10.0. The first-order valence-corrected chi connectivity index (χ1v) is 10.2. The Hall–Kier alpha value is -3.09. The first-order chi connectivity index (χ1) is 14.2. The van der Waals surface area contributed by atoms with E-state index in [4.69, 9.17) is 9.84 Å². The highest BCUT2D eigenvalue weighted by Gasteiger charge is 2.26. The van der Waals surface area contributed by atoms with Crippen LogP contribution in [0.1, 0.15) is 32.6 Å². The monoisotopic (exact) mass is 394 g/mol. The second-order valence-electron chi connectivity index (χ2n) is 7.44. The summed E-state index contributed by atoms with van der Waals surface area (Å²) < 4.78 is 7.58. The van der Waals surface area contributed by atoms with E-state index in [0.29, 0.717) is 25.9 Å². The molecule has 1 aliphatic heterocycles. The van der Waals surface area contributed by atoms with Crippen molar-refractivity contribution in [1.29, 1.82) is 0 Å². The van der Waals surface area contributed by atoms with Crippen LogP contribution < -0.4 is 9.64 Å². The summed E-state index contributed by atoms with van der Waals surface area (Å²) in [6.45, 7) is 4.26. The van der Waals surface area contributed by atoms with Crippen LogP contribution in [-0.2, 0) is 4.79 Å². The fraction of sp³-hybridized carbons (Fsp3) is 0.409.